The monoisotopic (exact) mass is 366 g/mol. The Morgan fingerprint density at radius 1 is 1.11 bits per heavy atom. The lowest BCUT2D eigenvalue weighted by Gasteiger charge is -2.47. The van der Waals surface area contributed by atoms with E-state index in [-0.39, 0.29) is 23.5 Å². The Morgan fingerprint density at radius 2 is 1.81 bits per heavy atom. The van der Waals surface area contributed by atoms with Gasteiger partial charge in [0.15, 0.2) is 0 Å². The number of hydrogen-bond donors (Lipinski definition) is 1. The minimum atomic E-state index is -0.978. The summed E-state index contributed by atoms with van der Waals surface area (Å²) in [5.41, 5.74) is 2.11. The van der Waals surface area contributed by atoms with Gasteiger partial charge in [0.25, 0.3) is 5.91 Å². The molecule has 0 bridgehead atoms. The molecule has 140 valence electrons. The van der Waals surface area contributed by atoms with Crippen molar-refractivity contribution in [3.05, 3.63) is 71.0 Å². The fourth-order valence-corrected chi connectivity index (χ4v) is 4.40. The lowest BCUT2D eigenvalue weighted by Crippen LogP contribution is -2.62. The first-order valence-corrected chi connectivity index (χ1v) is 9.41. The highest BCUT2D eigenvalue weighted by molar-refractivity contribution is 5.93. The zero-order valence-corrected chi connectivity index (χ0v) is 15.4. The van der Waals surface area contributed by atoms with Gasteiger partial charge in [0, 0.05) is 25.9 Å². The Hall–Kier alpha value is -2.69. The number of carbonyl (C=O) groups excluding carboxylic acids is 2. The molecule has 1 unspecified atom stereocenters. The van der Waals surface area contributed by atoms with Gasteiger partial charge in [-0.15, -0.1) is 0 Å². The summed E-state index contributed by atoms with van der Waals surface area (Å²) in [6.07, 6.45) is 2.39. The molecule has 2 aliphatic rings. The van der Waals surface area contributed by atoms with Crippen LogP contribution in [0.3, 0.4) is 0 Å². The Labute approximate surface area is 158 Å². The van der Waals surface area contributed by atoms with Crippen LogP contribution in [0.1, 0.15) is 42.4 Å². The number of rotatable bonds is 3. The topological polar surface area (TPSA) is 49.4 Å². The molecule has 2 amide bonds. The second-order valence-corrected chi connectivity index (χ2v) is 7.56. The van der Waals surface area contributed by atoms with E-state index in [1.807, 2.05) is 29.2 Å². The van der Waals surface area contributed by atoms with E-state index < -0.39 is 5.54 Å². The van der Waals surface area contributed by atoms with E-state index in [9.17, 15) is 14.0 Å². The van der Waals surface area contributed by atoms with Crippen molar-refractivity contribution in [3.8, 4) is 0 Å². The molecule has 27 heavy (non-hydrogen) atoms. The highest BCUT2D eigenvalue weighted by atomic mass is 19.1. The summed E-state index contributed by atoms with van der Waals surface area (Å²) >= 11 is 0. The quantitative estimate of drug-likeness (QED) is 0.907. The molecule has 2 aromatic carbocycles. The predicted molar refractivity (Wildman–Crippen MR) is 101 cm³/mol. The second kappa shape index (κ2) is 6.80. The maximum absolute atomic E-state index is 13.5. The molecule has 0 aromatic heterocycles. The third-order valence-electron chi connectivity index (χ3n) is 5.74. The normalized spacial score (nSPS) is 21.9. The number of fused-ring (bicyclic) bond motifs is 1. The molecule has 1 N–H and O–H groups in total. The molecule has 1 saturated heterocycles. The van der Waals surface area contributed by atoms with Gasteiger partial charge in [-0.05, 0) is 48.1 Å². The number of halogens is 1. The lowest BCUT2D eigenvalue weighted by atomic mass is 9.74. The van der Waals surface area contributed by atoms with Crippen LogP contribution >= 0.6 is 0 Å². The average molecular weight is 366 g/mol. The first kappa shape index (κ1) is 17.7. The van der Waals surface area contributed by atoms with E-state index in [1.54, 1.807) is 12.1 Å². The van der Waals surface area contributed by atoms with E-state index in [0.717, 1.165) is 29.5 Å². The van der Waals surface area contributed by atoms with Crippen LogP contribution in [0.5, 0.6) is 0 Å². The van der Waals surface area contributed by atoms with E-state index >= 15 is 0 Å². The molecule has 0 saturated carbocycles. The summed E-state index contributed by atoms with van der Waals surface area (Å²) in [5.74, 6) is -0.281. The number of carbonyl (C=O) groups is 2. The van der Waals surface area contributed by atoms with Crippen LogP contribution in [0.2, 0.25) is 0 Å². The molecule has 4 rings (SSSR count). The molecule has 2 aromatic rings. The number of aryl methyl sites for hydroxylation is 1. The second-order valence-electron chi connectivity index (χ2n) is 7.56. The van der Waals surface area contributed by atoms with Crippen LogP contribution in [0, 0.1) is 5.82 Å². The average Bonchev–Trinajstić information content (AvgIpc) is 2.62. The van der Waals surface area contributed by atoms with E-state index in [4.69, 9.17) is 0 Å². The molecular weight excluding hydrogens is 343 g/mol. The summed E-state index contributed by atoms with van der Waals surface area (Å²) in [6.45, 7) is 2.64. The molecular formula is C22H23FN2O2. The number of amides is 2. The maximum atomic E-state index is 13.5. The molecule has 1 fully saturated rings. The molecule has 5 heteroatoms. The van der Waals surface area contributed by atoms with Crippen LogP contribution < -0.4 is 5.32 Å². The Bertz CT molecular complexity index is 874. The largest absolute Gasteiger partial charge is 0.339 e. The van der Waals surface area contributed by atoms with Crippen LogP contribution in [0.4, 0.5) is 4.39 Å². The van der Waals surface area contributed by atoms with E-state index in [0.29, 0.717) is 19.5 Å². The van der Waals surface area contributed by atoms with Crippen molar-refractivity contribution in [2.24, 2.45) is 0 Å². The number of benzene rings is 2. The third kappa shape index (κ3) is 3.11. The van der Waals surface area contributed by atoms with Gasteiger partial charge in [0.1, 0.15) is 11.4 Å². The Morgan fingerprint density at radius 3 is 2.52 bits per heavy atom. The number of nitrogens with zero attached hydrogens (tertiary/aromatic N) is 1. The summed E-state index contributed by atoms with van der Waals surface area (Å²) in [4.78, 5) is 27.3. The van der Waals surface area contributed by atoms with Gasteiger partial charge in [-0.25, -0.2) is 4.39 Å². The van der Waals surface area contributed by atoms with Crippen molar-refractivity contribution < 1.29 is 14.0 Å². The highest BCUT2D eigenvalue weighted by Gasteiger charge is 2.48. The number of likely N-dealkylation sites (tertiary alicyclic amines) is 1. The zero-order chi connectivity index (χ0) is 19.0. The van der Waals surface area contributed by atoms with Crippen LogP contribution in [-0.4, -0.2) is 29.8 Å². The number of hydrogen-bond acceptors (Lipinski definition) is 2. The minimum absolute atomic E-state index is 0.0387. The highest BCUT2D eigenvalue weighted by Crippen LogP contribution is 2.39. The first-order chi connectivity index (χ1) is 13.0. The van der Waals surface area contributed by atoms with Gasteiger partial charge < -0.3 is 10.2 Å². The van der Waals surface area contributed by atoms with Gasteiger partial charge in [-0.3, -0.25) is 9.59 Å². The Balaban J connectivity index is 1.59. The van der Waals surface area contributed by atoms with Crippen molar-refractivity contribution in [2.45, 2.75) is 37.6 Å². The third-order valence-corrected chi connectivity index (χ3v) is 5.74. The molecule has 0 spiro atoms. The Kier molecular flexibility index (Phi) is 4.46. The van der Waals surface area contributed by atoms with Gasteiger partial charge >= 0.3 is 0 Å². The van der Waals surface area contributed by atoms with Gasteiger partial charge in [-0.2, -0.15) is 0 Å². The molecule has 1 aliphatic heterocycles. The van der Waals surface area contributed by atoms with E-state index in [2.05, 4.69) is 5.32 Å². The molecule has 4 nitrogen and oxygen atoms in total. The molecule has 1 aliphatic carbocycles. The predicted octanol–water partition coefficient (Wildman–Crippen LogP) is 3.12. The van der Waals surface area contributed by atoms with Crippen LogP contribution in [-0.2, 0) is 21.5 Å². The number of nitrogens with one attached hydrogen (secondary N) is 1. The van der Waals surface area contributed by atoms with Crippen molar-refractivity contribution in [2.75, 3.05) is 13.1 Å². The first-order valence-electron chi connectivity index (χ1n) is 9.41. The van der Waals surface area contributed by atoms with E-state index in [1.165, 1.54) is 19.1 Å². The van der Waals surface area contributed by atoms with Crippen molar-refractivity contribution in [3.63, 3.8) is 0 Å². The van der Waals surface area contributed by atoms with Gasteiger partial charge in [0.2, 0.25) is 5.91 Å². The lowest BCUT2D eigenvalue weighted by molar-refractivity contribution is -0.147. The van der Waals surface area contributed by atoms with Crippen molar-refractivity contribution in [1.29, 1.82) is 0 Å². The standard InChI is InChI=1S/C22H23FN2O2/c1-15(26)24-22(12-4-6-17-5-2-3-7-20(17)22)21(27)25-13-18(14-25)16-8-10-19(23)11-9-16/h2-3,5,7-11,18H,4,6,12-14H2,1H3,(H,24,26). The summed E-state index contributed by atoms with van der Waals surface area (Å²) < 4.78 is 13.1. The van der Waals surface area contributed by atoms with Crippen LogP contribution in [0.15, 0.2) is 48.5 Å². The van der Waals surface area contributed by atoms with Gasteiger partial charge in [-0.1, -0.05) is 36.4 Å². The molecule has 1 heterocycles. The van der Waals surface area contributed by atoms with Crippen LogP contribution in [0.25, 0.3) is 0 Å². The summed E-state index contributed by atoms with van der Waals surface area (Å²) in [5, 5.41) is 2.98. The fraction of sp³-hybridized carbons (Fsp3) is 0.364. The maximum Gasteiger partial charge on any atom is 0.253 e. The summed E-state index contributed by atoms with van der Waals surface area (Å²) in [6, 6.07) is 14.4. The zero-order valence-electron chi connectivity index (χ0n) is 15.4. The van der Waals surface area contributed by atoms with Crippen molar-refractivity contribution >= 4 is 11.8 Å². The summed E-state index contributed by atoms with van der Waals surface area (Å²) in [7, 11) is 0. The molecule has 0 radical (unpaired) electrons. The smallest absolute Gasteiger partial charge is 0.253 e. The van der Waals surface area contributed by atoms with Gasteiger partial charge in [0.05, 0.1) is 0 Å². The SMILES string of the molecule is CC(=O)NC1(C(=O)N2CC(c3ccc(F)cc3)C2)CCCc2ccccc21. The minimum Gasteiger partial charge on any atom is -0.339 e. The van der Waals surface area contributed by atoms with Crippen molar-refractivity contribution in [1.82, 2.24) is 10.2 Å². The molecule has 1 atom stereocenters. The fourth-order valence-electron chi connectivity index (χ4n) is 4.40.